The second-order valence-corrected chi connectivity index (χ2v) is 7.57. The number of hydrogen-bond donors (Lipinski definition) is 2. The minimum Gasteiger partial charge on any atom is -0.483 e. The van der Waals surface area contributed by atoms with Gasteiger partial charge >= 0.3 is 0 Å². The number of aryl methyl sites for hydroxylation is 1. The lowest BCUT2D eigenvalue weighted by molar-refractivity contribution is -0.120. The molecule has 2 N–H and O–H groups in total. The Balaban J connectivity index is 1.51. The van der Waals surface area contributed by atoms with Gasteiger partial charge in [0.25, 0.3) is 5.91 Å². The largest absolute Gasteiger partial charge is 0.483 e. The van der Waals surface area contributed by atoms with Gasteiger partial charge in [-0.05, 0) is 63.3 Å². The molecule has 3 rings (SSSR count). The second kappa shape index (κ2) is 10.6. The normalized spacial score (nSPS) is 10.3. The molecule has 0 radical (unpaired) electrons. The van der Waals surface area contributed by atoms with E-state index in [1.807, 2.05) is 72.8 Å². The number of carbonyl (C=O) groups excluding carboxylic acids is 2. The van der Waals surface area contributed by atoms with Gasteiger partial charge in [-0.2, -0.15) is 0 Å². The van der Waals surface area contributed by atoms with Gasteiger partial charge in [0.1, 0.15) is 5.75 Å². The molecule has 0 spiro atoms. The number of amides is 2. The molecule has 5 nitrogen and oxygen atoms in total. The molecule has 0 bridgehead atoms. The summed E-state index contributed by atoms with van der Waals surface area (Å²) in [6.07, 6.45) is 1.10. The first-order chi connectivity index (χ1) is 14.5. The second-order valence-electron chi connectivity index (χ2n) is 6.72. The monoisotopic (exact) mass is 466 g/mol. The van der Waals surface area contributed by atoms with E-state index >= 15 is 0 Å². The van der Waals surface area contributed by atoms with Crippen molar-refractivity contribution >= 4 is 33.4 Å². The summed E-state index contributed by atoms with van der Waals surface area (Å²) in [4.78, 5) is 23.5. The molecular formula is C24H23BrN2O3. The highest BCUT2D eigenvalue weighted by molar-refractivity contribution is 9.10. The fourth-order valence-electron chi connectivity index (χ4n) is 2.91. The molecule has 0 aliphatic rings. The van der Waals surface area contributed by atoms with E-state index in [0.29, 0.717) is 24.3 Å². The standard InChI is InChI=1S/C24H23BrN2O3/c1-26-23(28)14-9-17-7-11-20(12-8-17)27-24(29)16-30-22-13-10-19(15-21(22)25)18-5-3-2-4-6-18/h2-8,10-13,15H,9,14,16H2,1H3,(H,26,28)(H,27,29). The zero-order valence-electron chi connectivity index (χ0n) is 16.7. The lowest BCUT2D eigenvalue weighted by Gasteiger charge is -2.11. The van der Waals surface area contributed by atoms with Crippen LogP contribution in [0.25, 0.3) is 11.1 Å². The van der Waals surface area contributed by atoms with E-state index in [1.165, 1.54) is 0 Å². The highest BCUT2D eigenvalue weighted by Gasteiger charge is 2.08. The van der Waals surface area contributed by atoms with Crippen molar-refractivity contribution in [2.45, 2.75) is 12.8 Å². The smallest absolute Gasteiger partial charge is 0.262 e. The van der Waals surface area contributed by atoms with Gasteiger partial charge in [-0.15, -0.1) is 0 Å². The maximum Gasteiger partial charge on any atom is 0.262 e. The molecule has 154 valence electrons. The average Bonchev–Trinajstić information content (AvgIpc) is 2.78. The van der Waals surface area contributed by atoms with Crippen LogP contribution < -0.4 is 15.4 Å². The third kappa shape index (κ3) is 6.19. The van der Waals surface area contributed by atoms with Crippen LogP contribution in [0.4, 0.5) is 5.69 Å². The molecule has 0 atom stereocenters. The van der Waals surface area contributed by atoms with Crippen molar-refractivity contribution in [3.05, 3.63) is 82.8 Å². The van der Waals surface area contributed by atoms with Crippen LogP contribution in [0.3, 0.4) is 0 Å². The minimum atomic E-state index is -0.243. The number of rotatable bonds is 8. The highest BCUT2D eigenvalue weighted by Crippen LogP contribution is 2.30. The first kappa shape index (κ1) is 21.6. The van der Waals surface area contributed by atoms with E-state index in [0.717, 1.165) is 21.2 Å². The third-order valence-corrected chi connectivity index (χ3v) is 5.17. The number of hydrogen-bond acceptors (Lipinski definition) is 3. The first-order valence-electron chi connectivity index (χ1n) is 9.62. The van der Waals surface area contributed by atoms with Crippen molar-refractivity contribution in [1.82, 2.24) is 5.32 Å². The van der Waals surface area contributed by atoms with Gasteiger partial charge in [0.15, 0.2) is 6.61 Å². The van der Waals surface area contributed by atoms with E-state index < -0.39 is 0 Å². The molecule has 3 aromatic carbocycles. The van der Waals surface area contributed by atoms with Crippen molar-refractivity contribution in [1.29, 1.82) is 0 Å². The van der Waals surface area contributed by atoms with Gasteiger partial charge < -0.3 is 15.4 Å². The SMILES string of the molecule is CNC(=O)CCc1ccc(NC(=O)COc2ccc(-c3ccccc3)cc2Br)cc1. The molecule has 0 aliphatic heterocycles. The Morgan fingerprint density at radius 1 is 0.900 bits per heavy atom. The topological polar surface area (TPSA) is 67.4 Å². The van der Waals surface area contributed by atoms with Crippen molar-refractivity contribution in [2.24, 2.45) is 0 Å². The van der Waals surface area contributed by atoms with E-state index in [1.54, 1.807) is 7.05 Å². The average molecular weight is 467 g/mol. The number of anilines is 1. The van der Waals surface area contributed by atoms with Gasteiger partial charge in [-0.1, -0.05) is 48.5 Å². The fourth-order valence-corrected chi connectivity index (χ4v) is 3.40. The zero-order valence-corrected chi connectivity index (χ0v) is 18.2. The maximum atomic E-state index is 12.2. The predicted octanol–water partition coefficient (Wildman–Crippen LogP) is 4.81. The van der Waals surface area contributed by atoms with Crippen LogP contribution in [0.1, 0.15) is 12.0 Å². The number of carbonyl (C=O) groups is 2. The van der Waals surface area contributed by atoms with Crippen LogP contribution in [0.2, 0.25) is 0 Å². The molecular weight excluding hydrogens is 444 g/mol. The van der Waals surface area contributed by atoms with Crippen molar-refractivity contribution < 1.29 is 14.3 Å². The van der Waals surface area contributed by atoms with E-state index in [2.05, 4.69) is 26.6 Å². The number of benzene rings is 3. The molecule has 30 heavy (non-hydrogen) atoms. The van der Waals surface area contributed by atoms with Gasteiger partial charge in [-0.25, -0.2) is 0 Å². The van der Waals surface area contributed by atoms with Crippen LogP contribution in [0, 0.1) is 0 Å². The van der Waals surface area contributed by atoms with Crippen LogP contribution in [0.15, 0.2) is 77.3 Å². The zero-order chi connectivity index (χ0) is 21.3. The summed E-state index contributed by atoms with van der Waals surface area (Å²) in [6.45, 7) is -0.0955. The Labute approximate surface area is 184 Å². The van der Waals surface area contributed by atoms with Gasteiger partial charge in [0.05, 0.1) is 4.47 Å². The Kier molecular flexibility index (Phi) is 7.63. The summed E-state index contributed by atoms with van der Waals surface area (Å²) in [6, 6.07) is 23.3. The Bertz CT molecular complexity index is 1000. The predicted molar refractivity (Wildman–Crippen MR) is 123 cm³/mol. The lowest BCUT2D eigenvalue weighted by atomic mass is 10.1. The van der Waals surface area contributed by atoms with E-state index in [9.17, 15) is 9.59 Å². The molecule has 0 fully saturated rings. The molecule has 0 saturated heterocycles. The summed E-state index contributed by atoms with van der Waals surface area (Å²) in [7, 11) is 1.62. The molecule has 0 aromatic heterocycles. The van der Waals surface area contributed by atoms with Crippen molar-refractivity contribution in [3.8, 4) is 16.9 Å². The highest BCUT2D eigenvalue weighted by atomic mass is 79.9. The first-order valence-corrected chi connectivity index (χ1v) is 10.4. The summed E-state index contributed by atoms with van der Waals surface area (Å²) >= 11 is 3.51. The van der Waals surface area contributed by atoms with E-state index in [-0.39, 0.29) is 18.4 Å². The van der Waals surface area contributed by atoms with Gasteiger partial charge in [0.2, 0.25) is 5.91 Å². The Morgan fingerprint density at radius 3 is 2.30 bits per heavy atom. The molecule has 2 amide bonds. The summed E-state index contributed by atoms with van der Waals surface area (Å²) < 4.78 is 6.45. The van der Waals surface area contributed by atoms with Crippen LogP contribution in [0.5, 0.6) is 5.75 Å². The lowest BCUT2D eigenvalue weighted by Crippen LogP contribution is -2.20. The summed E-state index contributed by atoms with van der Waals surface area (Å²) in [5, 5.41) is 5.42. The minimum absolute atomic E-state index is 0.00694. The number of ether oxygens (including phenoxy) is 1. The molecule has 6 heteroatoms. The molecule has 0 unspecified atom stereocenters. The van der Waals surface area contributed by atoms with Crippen LogP contribution in [-0.4, -0.2) is 25.5 Å². The Morgan fingerprint density at radius 2 is 1.63 bits per heavy atom. The maximum absolute atomic E-state index is 12.2. The van der Waals surface area contributed by atoms with Gasteiger partial charge in [0, 0.05) is 19.2 Å². The number of halogens is 1. The third-order valence-electron chi connectivity index (χ3n) is 4.56. The quantitative estimate of drug-likeness (QED) is 0.500. The molecule has 0 saturated carbocycles. The van der Waals surface area contributed by atoms with E-state index in [4.69, 9.17) is 4.74 Å². The summed E-state index contributed by atoms with van der Waals surface area (Å²) in [5.41, 5.74) is 3.90. The fraction of sp³-hybridized carbons (Fsp3) is 0.167. The van der Waals surface area contributed by atoms with Gasteiger partial charge in [-0.3, -0.25) is 9.59 Å². The number of nitrogens with one attached hydrogen (secondary N) is 2. The van der Waals surface area contributed by atoms with Crippen LogP contribution >= 0.6 is 15.9 Å². The van der Waals surface area contributed by atoms with Crippen molar-refractivity contribution in [2.75, 3.05) is 19.0 Å². The Hall–Kier alpha value is -3.12. The molecule has 0 heterocycles. The molecule has 3 aromatic rings. The summed E-state index contributed by atoms with van der Waals surface area (Å²) in [5.74, 6) is 0.369. The van der Waals surface area contributed by atoms with Crippen molar-refractivity contribution in [3.63, 3.8) is 0 Å². The van der Waals surface area contributed by atoms with Crippen LogP contribution in [-0.2, 0) is 16.0 Å². The molecule has 0 aliphatic carbocycles.